The first-order valence-electron chi connectivity index (χ1n) is 7.97. The fraction of sp³-hybridized carbons (Fsp3) is 0.278. The van der Waals surface area contributed by atoms with Crippen molar-refractivity contribution < 1.29 is 32.2 Å². The molecule has 1 aromatic carbocycles. The van der Waals surface area contributed by atoms with Gasteiger partial charge in [0.25, 0.3) is 5.91 Å². The van der Waals surface area contributed by atoms with Crippen molar-refractivity contribution in [1.82, 2.24) is 10.3 Å². The molecule has 0 unspecified atom stereocenters. The fourth-order valence-corrected chi connectivity index (χ4v) is 2.42. The number of carbonyl (C=O) groups excluding carboxylic acids is 2. The Morgan fingerprint density at radius 1 is 1.04 bits per heavy atom. The van der Waals surface area contributed by atoms with Crippen LogP contribution in [0.15, 0.2) is 42.5 Å². The van der Waals surface area contributed by atoms with Gasteiger partial charge in [0, 0.05) is 5.69 Å². The van der Waals surface area contributed by atoms with Crippen LogP contribution in [0.5, 0.6) is 5.75 Å². The number of carbonyl (C=O) groups is 2. The van der Waals surface area contributed by atoms with Gasteiger partial charge in [-0.05, 0) is 31.2 Å². The van der Waals surface area contributed by atoms with Gasteiger partial charge in [-0.2, -0.15) is 13.2 Å². The summed E-state index contributed by atoms with van der Waals surface area (Å²) in [6.45, 7) is 1.56. The van der Waals surface area contributed by atoms with E-state index in [1.807, 2.05) is 5.32 Å². The zero-order chi connectivity index (χ0) is 20.9. The second-order valence-corrected chi connectivity index (χ2v) is 5.68. The zero-order valence-electron chi connectivity index (χ0n) is 15.3. The summed E-state index contributed by atoms with van der Waals surface area (Å²) in [4.78, 5) is 28.7. The summed E-state index contributed by atoms with van der Waals surface area (Å²) in [5.74, 6) is -3.19. The minimum atomic E-state index is -5.26. The van der Waals surface area contributed by atoms with E-state index < -0.39 is 23.7 Å². The molecule has 0 aliphatic rings. The van der Waals surface area contributed by atoms with Gasteiger partial charge in [-0.15, -0.1) is 0 Å². The number of esters is 1. The van der Waals surface area contributed by atoms with E-state index in [2.05, 4.69) is 9.72 Å². The molecular weight excluding hydrogens is 379 g/mol. The van der Waals surface area contributed by atoms with Gasteiger partial charge in [0.1, 0.15) is 11.6 Å². The average Bonchev–Trinajstić information content (AvgIpc) is 2.65. The van der Waals surface area contributed by atoms with Crippen LogP contribution in [0.3, 0.4) is 0 Å². The van der Waals surface area contributed by atoms with Crippen molar-refractivity contribution in [2.75, 3.05) is 19.5 Å². The van der Waals surface area contributed by atoms with Gasteiger partial charge in [0.15, 0.2) is 0 Å². The Balaban J connectivity index is 2.53. The van der Waals surface area contributed by atoms with Crippen LogP contribution >= 0.6 is 0 Å². The molecule has 7 nitrogen and oxygen atoms in total. The number of methoxy groups -OCH3 is 2. The number of aromatic nitrogens is 1. The number of rotatable bonds is 6. The highest BCUT2D eigenvalue weighted by atomic mass is 19.4. The van der Waals surface area contributed by atoms with Gasteiger partial charge >= 0.3 is 17.8 Å². The molecular formula is C18H18F3N3O4. The predicted octanol–water partition coefficient (Wildman–Crippen LogP) is 2.67. The number of halogens is 3. The number of pyridine rings is 1. The molecule has 2 N–H and O–H groups in total. The van der Waals surface area contributed by atoms with Crippen LogP contribution in [0.1, 0.15) is 16.1 Å². The second kappa shape index (κ2) is 8.15. The third-order valence-corrected chi connectivity index (χ3v) is 3.77. The number of benzene rings is 1. The van der Waals surface area contributed by atoms with Gasteiger partial charge in [-0.25, -0.2) is 9.78 Å². The first-order chi connectivity index (χ1) is 13.1. The van der Waals surface area contributed by atoms with Crippen LogP contribution in [0, 0.1) is 6.92 Å². The number of nitrogens with one attached hydrogen (secondary N) is 2. The number of hydrogen-bond donors (Lipinski definition) is 2. The molecule has 0 radical (unpaired) electrons. The monoisotopic (exact) mass is 397 g/mol. The zero-order valence-corrected chi connectivity index (χ0v) is 15.3. The highest BCUT2D eigenvalue weighted by molar-refractivity contribution is 6.01. The van der Waals surface area contributed by atoms with Gasteiger partial charge in [0.05, 0.1) is 19.8 Å². The molecule has 150 valence electrons. The lowest BCUT2D eigenvalue weighted by Crippen LogP contribution is -2.69. The maximum absolute atomic E-state index is 14.0. The molecule has 1 heterocycles. The third kappa shape index (κ3) is 4.16. The summed E-state index contributed by atoms with van der Waals surface area (Å²) in [5.41, 5.74) is -3.36. The van der Waals surface area contributed by atoms with Crippen molar-refractivity contribution in [3.63, 3.8) is 0 Å². The average molecular weight is 397 g/mol. The Hall–Kier alpha value is -3.30. The van der Waals surface area contributed by atoms with Crippen molar-refractivity contribution in [2.45, 2.75) is 18.8 Å². The van der Waals surface area contributed by atoms with Crippen molar-refractivity contribution >= 4 is 17.7 Å². The van der Waals surface area contributed by atoms with Crippen molar-refractivity contribution in [3.8, 4) is 5.75 Å². The second-order valence-electron chi connectivity index (χ2n) is 5.68. The molecule has 1 amide bonds. The third-order valence-electron chi connectivity index (χ3n) is 3.77. The highest BCUT2D eigenvalue weighted by Gasteiger charge is 2.63. The molecule has 0 saturated heterocycles. The molecule has 0 saturated carbocycles. The molecule has 0 fully saturated rings. The number of para-hydroxylation sites is 1. The van der Waals surface area contributed by atoms with Crippen LogP contribution in [0.25, 0.3) is 0 Å². The standard InChI is InChI=1S/C18H18F3N3O4/c1-11-7-6-10-14(22-11)23-17(16(26)28-3,18(19,20)21)24-15(25)12-8-4-5-9-13(12)27-2/h4-10H,1-3H3,(H,22,23)(H,24,25)/t17-/m1/s1. The van der Waals surface area contributed by atoms with E-state index >= 15 is 0 Å². The largest absolute Gasteiger partial charge is 0.496 e. The smallest absolute Gasteiger partial charge is 0.441 e. The quantitative estimate of drug-likeness (QED) is 0.576. The molecule has 0 bridgehead atoms. The molecule has 28 heavy (non-hydrogen) atoms. The Kier molecular flexibility index (Phi) is 6.12. The highest BCUT2D eigenvalue weighted by Crippen LogP contribution is 2.33. The summed E-state index contributed by atoms with van der Waals surface area (Å²) >= 11 is 0. The predicted molar refractivity (Wildman–Crippen MR) is 93.9 cm³/mol. The maximum Gasteiger partial charge on any atom is 0.441 e. The van der Waals surface area contributed by atoms with Crippen molar-refractivity contribution in [3.05, 3.63) is 53.7 Å². The number of amides is 1. The number of aryl methyl sites for hydroxylation is 1. The molecule has 0 spiro atoms. The summed E-state index contributed by atoms with van der Waals surface area (Å²) in [6, 6.07) is 9.89. The molecule has 0 aliphatic heterocycles. The Morgan fingerprint density at radius 2 is 1.71 bits per heavy atom. The Morgan fingerprint density at radius 3 is 2.29 bits per heavy atom. The Labute approximate surface area is 158 Å². The number of anilines is 1. The topological polar surface area (TPSA) is 89.5 Å². The van der Waals surface area contributed by atoms with Crippen LogP contribution < -0.4 is 15.4 Å². The molecule has 0 aliphatic carbocycles. The van der Waals surface area contributed by atoms with Gasteiger partial charge in [0.2, 0.25) is 0 Å². The summed E-state index contributed by atoms with van der Waals surface area (Å²) in [7, 11) is 2.04. The normalized spacial score (nSPS) is 13.2. The fourth-order valence-electron chi connectivity index (χ4n) is 2.42. The minimum Gasteiger partial charge on any atom is -0.496 e. The maximum atomic E-state index is 14.0. The SMILES string of the molecule is COC(=O)[C@](NC(=O)c1ccccc1OC)(Nc1cccc(C)n1)C(F)(F)F. The number of ether oxygens (including phenoxy) is 2. The van der Waals surface area contributed by atoms with Gasteiger partial charge < -0.3 is 20.1 Å². The van der Waals surface area contributed by atoms with E-state index in [1.54, 1.807) is 24.4 Å². The van der Waals surface area contributed by atoms with Crippen LogP contribution in [-0.2, 0) is 9.53 Å². The molecule has 1 atom stereocenters. The van der Waals surface area contributed by atoms with Crippen molar-refractivity contribution in [1.29, 1.82) is 0 Å². The van der Waals surface area contributed by atoms with Crippen LogP contribution in [0.2, 0.25) is 0 Å². The van der Waals surface area contributed by atoms with Crippen molar-refractivity contribution in [2.24, 2.45) is 0 Å². The first-order valence-corrected chi connectivity index (χ1v) is 7.97. The lowest BCUT2D eigenvalue weighted by Gasteiger charge is -2.34. The summed E-state index contributed by atoms with van der Waals surface area (Å²) < 4.78 is 51.4. The summed E-state index contributed by atoms with van der Waals surface area (Å²) in [6.07, 6.45) is -5.26. The number of nitrogens with zero attached hydrogens (tertiary/aromatic N) is 1. The number of hydrogen-bond acceptors (Lipinski definition) is 6. The van der Waals surface area contributed by atoms with E-state index in [0.717, 1.165) is 7.11 Å². The summed E-state index contributed by atoms with van der Waals surface area (Å²) in [5, 5.41) is 3.69. The van der Waals surface area contributed by atoms with Gasteiger partial charge in [-0.1, -0.05) is 18.2 Å². The molecule has 2 rings (SSSR count). The Bertz CT molecular complexity index is 873. The number of alkyl halides is 3. The van der Waals surface area contributed by atoms with E-state index in [4.69, 9.17) is 4.74 Å². The molecule has 2 aromatic rings. The van der Waals surface area contributed by atoms with Crippen LogP contribution in [-0.4, -0.2) is 42.9 Å². The van der Waals surface area contributed by atoms with Gasteiger partial charge in [-0.3, -0.25) is 4.79 Å². The van der Waals surface area contributed by atoms with E-state index in [-0.39, 0.29) is 17.1 Å². The molecule has 10 heteroatoms. The first kappa shape index (κ1) is 21.0. The lowest BCUT2D eigenvalue weighted by molar-refractivity contribution is -0.203. The van der Waals surface area contributed by atoms with E-state index in [0.29, 0.717) is 5.69 Å². The molecule has 1 aromatic heterocycles. The van der Waals surface area contributed by atoms with E-state index in [9.17, 15) is 22.8 Å². The lowest BCUT2D eigenvalue weighted by atomic mass is 10.1. The minimum absolute atomic E-state index is 0.0367. The van der Waals surface area contributed by atoms with E-state index in [1.165, 1.54) is 37.4 Å². The van der Waals surface area contributed by atoms with Crippen LogP contribution in [0.4, 0.5) is 19.0 Å².